The molecule has 3 saturated heterocycles. The summed E-state index contributed by atoms with van der Waals surface area (Å²) in [6.45, 7) is 17.2. The molecular weight excluding hydrogens is 959 g/mol. The number of ether oxygens (including phenoxy) is 2. The van der Waals surface area contributed by atoms with Gasteiger partial charge in [0.25, 0.3) is 11.8 Å². The third-order valence-corrected chi connectivity index (χ3v) is 14.4. The molecule has 74 heavy (non-hydrogen) atoms. The highest BCUT2D eigenvalue weighted by Gasteiger charge is 2.45. The second-order valence-corrected chi connectivity index (χ2v) is 21.7. The first-order valence-corrected chi connectivity index (χ1v) is 26.3. The van der Waals surface area contributed by atoms with Gasteiger partial charge in [0.05, 0.1) is 18.6 Å². The molecule has 4 rings (SSSR count). The number of nitrogens with zero attached hydrogens (tertiary/aromatic N) is 4. The number of benzene rings is 1. The number of fused-ring (bicyclic) bond motifs is 1. The molecule has 3 fully saturated rings. The summed E-state index contributed by atoms with van der Waals surface area (Å²) in [5.41, 5.74) is 0.506. The Labute approximate surface area is 435 Å². The number of cyclic esters (lactones) is 2. The fourth-order valence-corrected chi connectivity index (χ4v) is 9.94. The van der Waals surface area contributed by atoms with E-state index in [-0.39, 0.29) is 62.8 Å². The Hall–Kier alpha value is -5.83. The first kappa shape index (κ1) is 60.7. The Kier molecular flexibility index (Phi) is 22.2. The zero-order valence-corrected chi connectivity index (χ0v) is 45.4. The fourth-order valence-electron chi connectivity index (χ4n) is 9.94. The van der Waals surface area contributed by atoms with Crippen molar-refractivity contribution in [3.8, 4) is 5.75 Å². The molecule has 3 heterocycles. The van der Waals surface area contributed by atoms with Gasteiger partial charge in [-0.2, -0.15) is 0 Å². The maximum atomic E-state index is 14.9. The van der Waals surface area contributed by atoms with Gasteiger partial charge in [-0.3, -0.25) is 38.4 Å². The summed E-state index contributed by atoms with van der Waals surface area (Å²) in [5, 5.41) is 40.3. The number of aromatic hydroxyl groups is 1. The maximum absolute atomic E-state index is 14.9. The zero-order valence-electron chi connectivity index (χ0n) is 45.4. The molecule has 0 aromatic heterocycles. The Morgan fingerprint density at radius 3 is 2.08 bits per heavy atom. The number of phenols is 1. The van der Waals surface area contributed by atoms with Crippen LogP contribution in [0.15, 0.2) is 24.3 Å². The van der Waals surface area contributed by atoms with Crippen LogP contribution in [0.5, 0.6) is 5.75 Å². The van der Waals surface area contributed by atoms with E-state index in [2.05, 4.69) is 16.0 Å². The van der Waals surface area contributed by atoms with Gasteiger partial charge in [-0.05, 0) is 93.7 Å². The van der Waals surface area contributed by atoms with E-state index in [1.807, 2.05) is 27.7 Å². The summed E-state index contributed by atoms with van der Waals surface area (Å²) in [6, 6.07) is -2.83. The van der Waals surface area contributed by atoms with Gasteiger partial charge in [0.2, 0.25) is 29.5 Å². The number of likely N-dealkylation sites (N-methyl/N-ethyl adjacent to an activating group) is 2. The number of nitrogens with one attached hydrogen (secondary N) is 3. The largest absolute Gasteiger partial charge is 0.508 e. The van der Waals surface area contributed by atoms with Crippen LogP contribution in [-0.4, -0.2) is 182 Å². The van der Waals surface area contributed by atoms with E-state index in [0.29, 0.717) is 24.8 Å². The molecule has 0 saturated carbocycles. The van der Waals surface area contributed by atoms with Crippen LogP contribution in [0.1, 0.15) is 126 Å². The molecule has 12 atom stereocenters. The molecule has 1 aromatic rings. The highest BCUT2D eigenvalue weighted by atomic mass is 16.6. The Bertz CT molecular complexity index is 2150. The van der Waals surface area contributed by atoms with Crippen molar-refractivity contribution in [1.29, 1.82) is 0 Å². The standard InChI is InChI=1S/C53H83N7O14/c1-13-31(8)43-41(63)27-42(64)74-45(30(6)7)48(67)54-36(24-28(2)3)50(69)60-23-15-17-38(60)52(71)58(12)40(26-34-18-20-35(62)21-19-34)53(72)73-33(10)44(47(66)55-43)56-46(65)39(25-29(4)5)57(11)51(70)37-16-14-22-59(37)49(68)32(9)61/h18-21,28-33,36-41,43-45,61-63H,13-17,22-27H2,1-12H3,(H,54,67)(H,55,66)(H,56,65)/t31-,32?,33-,36+,37?,38+,39-,40+,41+,43?,44+,45+/m0/s1. The summed E-state index contributed by atoms with van der Waals surface area (Å²) in [4.78, 5) is 134. The molecule has 21 heteroatoms. The highest BCUT2D eigenvalue weighted by molar-refractivity contribution is 5.97. The van der Waals surface area contributed by atoms with Crippen LogP contribution >= 0.6 is 0 Å². The molecule has 3 aliphatic heterocycles. The predicted octanol–water partition coefficient (Wildman–Crippen LogP) is 1.81. The van der Waals surface area contributed by atoms with Gasteiger partial charge in [0, 0.05) is 33.6 Å². The smallest absolute Gasteiger partial charge is 0.329 e. The number of rotatable bonds is 14. The van der Waals surface area contributed by atoms with Gasteiger partial charge in [-0.15, -0.1) is 0 Å². The number of likely N-dealkylation sites (tertiary alicyclic amines) is 1. The van der Waals surface area contributed by atoms with Gasteiger partial charge in [-0.1, -0.05) is 73.9 Å². The minimum atomic E-state index is -1.74. The quantitative estimate of drug-likeness (QED) is 0.145. The van der Waals surface area contributed by atoms with Crippen LogP contribution in [0.4, 0.5) is 0 Å². The Morgan fingerprint density at radius 2 is 1.50 bits per heavy atom. The number of aliphatic hydroxyl groups is 2. The first-order valence-electron chi connectivity index (χ1n) is 26.3. The molecule has 0 aliphatic carbocycles. The normalized spacial score (nSPS) is 27.4. The van der Waals surface area contributed by atoms with Crippen molar-refractivity contribution in [3.63, 3.8) is 0 Å². The van der Waals surface area contributed by atoms with E-state index in [1.54, 1.807) is 39.8 Å². The molecule has 0 radical (unpaired) electrons. The molecule has 0 spiro atoms. The van der Waals surface area contributed by atoms with Crippen LogP contribution in [0.3, 0.4) is 0 Å². The van der Waals surface area contributed by atoms with Crippen molar-refractivity contribution >= 4 is 53.3 Å². The molecule has 3 aliphatic rings. The fraction of sp³-hybridized carbons (Fsp3) is 0.717. The molecule has 3 unspecified atom stereocenters. The van der Waals surface area contributed by atoms with Crippen LogP contribution in [0.2, 0.25) is 0 Å². The molecule has 0 bridgehead atoms. The van der Waals surface area contributed by atoms with E-state index < -0.39 is 138 Å². The number of amides is 7. The molecular formula is C53H83N7O14. The predicted molar refractivity (Wildman–Crippen MR) is 271 cm³/mol. The van der Waals surface area contributed by atoms with E-state index in [0.717, 1.165) is 0 Å². The van der Waals surface area contributed by atoms with E-state index in [1.165, 1.54) is 59.7 Å². The van der Waals surface area contributed by atoms with Crippen LogP contribution in [-0.2, 0) is 59.0 Å². The van der Waals surface area contributed by atoms with Crippen LogP contribution < -0.4 is 16.0 Å². The minimum absolute atomic E-state index is 0.0533. The number of hydrogen-bond acceptors (Lipinski definition) is 14. The van der Waals surface area contributed by atoms with E-state index in [4.69, 9.17) is 9.47 Å². The number of carbonyl (C=O) groups excluding carboxylic acids is 9. The number of carbonyl (C=O) groups is 9. The van der Waals surface area contributed by atoms with Gasteiger partial charge in [-0.25, -0.2) is 4.79 Å². The summed E-state index contributed by atoms with van der Waals surface area (Å²) >= 11 is 0. The van der Waals surface area contributed by atoms with Gasteiger partial charge >= 0.3 is 11.9 Å². The van der Waals surface area contributed by atoms with Crippen molar-refractivity contribution in [2.45, 2.75) is 194 Å². The van der Waals surface area contributed by atoms with Gasteiger partial charge in [0.15, 0.2) is 6.10 Å². The third-order valence-electron chi connectivity index (χ3n) is 14.4. The van der Waals surface area contributed by atoms with Crippen molar-refractivity contribution in [2.24, 2.45) is 23.7 Å². The zero-order chi connectivity index (χ0) is 55.5. The van der Waals surface area contributed by atoms with Crippen molar-refractivity contribution in [2.75, 3.05) is 27.2 Å². The van der Waals surface area contributed by atoms with Gasteiger partial charge < -0.3 is 60.3 Å². The molecule has 414 valence electrons. The molecule has 7 amide bonds. The molecule has 1 aromatic carbocycles. The van der Waals surface area contributed by atoms with E-state index in [9.17, 15) is 58.5 Å². The van der Waals surface area contributed by atoms with Crippen molar-refractivity contribution < 1.29 is 67.9 Å². The summed E-state index contributed by atoms with van der Waals surface area (Å²) in [5.74, 6) is -8.37. The lowest BCUT2D eigenvalue weighted by Gasteiger charge is -2.36. The third kappa shape index (κ3) is 15.6. The highest BCUT2D eigenvalue weighted by Crippen LogP contribution is 2.27. The lowest BCUT2D eigenvalue weighted by atomic mass is 9.92. The van der Waals surface area contributed by atoms with Crippen LogP contribution in [0, 0.1) is 23.7 Å². The van der Waals surface area contributed by atoms with Gasteiger partial charge in [0.1, 0.15) is 54.2 Å². The average Bonchev–Trinajstić information content (AvgIpc) is 4.04. The number of hydrogen-bond donors (Lipinski definition) is 6. The summed E-state index contributed by atoms with van der Waals surface area (Å²) < 4.78 is 11.8. The number of aliphatic hydroxyl groups excluding tert-OH is 2. The topological polar surface area (TPSA) is 282 Å². The molecule has 6 N–H and O–H groups in total. The number of phenolic OH excluding ortho intramolecular Hbond substituents is 1. The van der Waals surface area contributed by atoms with Crippen molar-refractivity contribution in [1.82, 2.24) is 35.6 Å². The SMILES string of the molecule is CC[C@H](C)C1NC(=O)[C@H](NC(=O)[C@H](CC(C)C)N(C)C(=O)C2CCCN2C(=O)C(C)O)[C@H](C)OC(=O)[C@@H](Cc2ccc(O)cc2)N(C)C(=O)[C@H]2CCCN2C(=O)[C@@H](CC(C)C)NC(=O)[C@@H](C(C)C)OC(=O)C[C@H]1O. The van der Waals surface area contributed by atoms with E-state index >= 15 is 0 Å². The summed E-state index contributed by atoms with van der Waals surface area (Å²) in [7, 11) is 2.79. The second-order valence-electron chi connectivity index (χ2n) is 21.7. The lowest BCUT2D eigenvalue weighted by molar-refractivity contribution is -0.162. The molecule has 21 nitrogen and oxygen atoms in total. The van der Waals surface area contributed by atoms with Crippen molar-refractivity contribution in [3.05, 3.63) is 29.8 Å². The number of esters is 2. The second kappa shape index (κ2) is 27.1. The Balaban J connectivity index is 1.86. The minimum Gasteiger partial charge on any atom is -0.508 e. The maximum Gasteiger partial charge on any atom is 0.329 e. The first-order chi connectivity index (χ1) is 34.7. The Morgan fingerprint density at radius 1 is 0.865 bits per heavy atom. The average molecular weight is 1040 g/mol. The lowest BCUT2D eigenvalue weighted by Crippen LogP contribution is -2.62. The van der Waals surface area contributed by atoms with Crippen LogP contribution in [0.25, 0.3) is 0 Å². The monoisotopic (exact) mass is 1040 g/mol. The summed E-state index contributed by atoms with van der Waals surface area (Å²) in [6.07, 6.45) is -4.73.